The van der Waals surface area contributed by atoms with E-state index in [1.165, 1.54) is 11.8 Å². The van der Waals surface area contributed by atoms with Crippen molar-refractivity contribution in [3.8, 4) is 0 Å². The highest BCUT2D eigenvalue weighted by atomic mass is 32.2. The fourth-order valence-electron chi connectivity index (χ4n) is 1.64. The topological polar surface area (TPSA) is 72.0 Å². The Kier molecular flexibility index (Phi) is 3.34. The first kappa shape index (κ1) is 11.7. The highest BCUT2D eigenvalue weighted by Crippen LogP contribution is 2.17. The molecule has 0 amide bonds. The van der Waals surface area contributed by atoms with Gasteiger partial charge in [0.1, 0.15) is 5.82 Å². The molecule has 1 fully saturated rings. The standard InChI is InChI=1S/C9H13N3O2S2/c1-15-9-10-4-2-8(12-9)11-7-3-5-16(13,14)6-7/h2,4,7H,3,5-6H2,1H3,(H,10,11,12). The van der Waals surface area contributed by atoms with Crippen LogP contribution in [-0.2, 0) is 9.84 Å². The van der Waals surface area contributed by atoms with Crippen molar-refractivity contribution < 1.29 is 8.42 Å². The molecular weight excluding hydrogens is 246 g/mol. The van der Waals surface area contributed by atoms with Crippen LogP contribution in [0, 0.1) is 0 Å². The molecule has 0 aromatic carbocycles. The van der Waals surface area contributed by atoms with Gasteiger partial charge in [-0.1, -0.05) is 11.8 Å². The first-order chi connectivity index (χ1) is 7.59. The van der Waals surface area contributed by atoms with Crippen molar-refractivity contribution in [2.75, 3.05) is 23.1 Å². The Bertz CT molecular complexity index is 475. The number of rotatable bonds is 3. The molecule has 1 aliphatic heterocycles. The fraction of sp³-hybridized carbons (Fsp3) is 0.556. The number of thioether (sulfide) groups is 1. The summed E-state index contributed by atoms with van der Waals surface area (Å²) in [6.07, 6.45) is 4.23. The van der Waals surface area contributed by atoms with E-state index in [9.17, 15) is 8.42 Å². The zero-order chi connectivity index (χ0) is 11.6. The molecule has 0 radical (unpaired) electrons. The summed E-state index contributed by atoms with van der Waals surface area (Å²) in [5.74, 6) is 1.16. The summed E-state index contributed by atoms with van der Waals surface area (Å²) in [6, 6.07) is 1.74. The van der Waals surface area contributed by atoms with E-state index in [-0.39, 0.29) is 17.5 Å². The van der Waals surface area contributed by atoms with E-state index in [2.05, 4.69) is 15.3 Å². The molecule has 1 unspecified atom stereocenters. The molecule has 1 saturated heterocycles. The third-order valence-electron chi connectivity index (χ3n) is 2.40. The summed E-state index contributed by atoms with van der Waals surface area (Å²) < 4.78 is 22.6. The Morgan fingerprint density at radius 2 is 2.38 bits per heavy atom. The van der Waals surface area contributed by atoms with Crippen LogP contribution in [0.1, 0.15) is 6.42 Å². The minimum absolute atomic E-state index is 0.0189. The second-order valence-corrected chi connectivity index (χ2v) is 6.67. The number of nitrogens with one attached hydrogen (secondary N) is 1. The molecule has 88 valence electrons. The molecule has 1 aromatic heterocycles. The zero-order valence-electron chi connectivity index (χ0n) is 8.88. The summed E-state index contributed by atoms with van der Waals surface area (Å²) in [4.78, 5) is 8.30. The van der Waals surface area contributed by atoms with Crippen molar-refractivity contribution in [1.82, 2.24) is 9.97 Å². The first-order valence-electron chi connectivity index (χ1n) is 4.93. The van der Waals surface area contributed by atoms with E-state index in [4.69, 9.17) is 0 Å². The quantitative estimate of drug-likeness (QED) is 0.639. The summed E-state index contributed by atoms with van der Waals surface area (Å²) in [5, 5.41) is 3.81. The Morgan fingerprint density at radius 3 is 3.00 bits per heavy atom. The molecule has 2 heterocycles. The van der Waals surface area contributed by atoms with E-state index in [0.717, 1.165) is 0 Å². The van der Waals surface area contributed by atoms with E-state index in [1.807, 2.05) is 6.26 Å². The Hall–Kier alpha value is -0.820. The molecule has 1 aromatic rings. The lowest BCUT2D eigenvalue weighted by Gasteiger charge is -2.11. The molecule has 0 bridgehead atoms. The van der Waals surface area contributed by atoms with Gasteiger partial charge in [-0.3, -0.25) is 0 Å². The number of hydrogen-bond donors (Lipinski definition) is 1. The van der Waals surface area contributed by atoms with Crippen molar-refractivity contribution in [1.29, 1.82) is 0 Å². The van der Waals surface area contributed by atoms with Gasteiger partial charge in [0, 0.05) is 12.2 Å². The maximum Gasteiger partial charge on any atom is 0.189 e. The van der Waals surface area contributed by atoms with Gasteiger partial charge in [0.15, 0.2) is 15.0 Å². The molecule has 0 aliphatic carbocycles. The Labute approximate surface area is 99.0 Å². The van der Waals surface area contributed by atoms with Crippen molar-refractivity contribution in [2.45, 2.75) is 17.6 Å². The molecular formula is C9H13N3O2S2. The largest absolute Gasteiger partial charge is 0.366 e. The maximum atomic E-state index is 11.3. The normalized spacial score (nSPS) is 23.2. The lowest BCUT2D eigenvalue weighted by molar-refractivity contribution is 0.602. The second kappa shape index (κ2) is 4.58. The number of nitrogens with zero attached hydrogens (tertiary/aromatic N) is 2. The van der Waals surface area contributed by atoms with Gasteiger partial charge >= 0.3 is 0 Å². The van der Waals surface area contributed by atoms with Crippen LogP contribution in [0.3, 0.4) is 0 Å². The Morgan fingerprint density at radius 1 is 1.56 bits per heavy atom. The van der Waals surface area contributed by atoms with Crippen LogP contribution in [0.15, 0.2) is 17.4 Å². The van der Waals surface area contributed by atoms with Crippen molar-refractivity contribution in [3.05, 3.63) is 12.3 Å². The first-order valence-corrected chi connectivity index (χ1v) is 7.98. The molecule has 0 spiro atoms. The zero-order valence-corrected chi connectivity index (χ0v) is 10.5. The summed E-state index contributed by atoms with van der Waals surface area (Å²) in [5.41, 5.74) is 0. The minimum atomic E-state index is -2.84. The Balaban J connectivity index is 2.04. The van der Waals surface area contributed by atoms with Crippen LogP contribution in [0.5, 0.6) is 0 Å². The van der Waals surface area contributed by atoms with Gasteiger partial charge in [-0.05, 0) is 18.7 Å². The molecule has 1 aliphatic rings. The average Bonchev–Trinajstić information content (AvgIpc) is 2.58. The molecule has 1 N–H and O–H groups in total. The average molecular weight is 259 g/mol. The number of hydrogen-bond acceptors (Lipinski definition) is 6. The van der Waals surface area contributed by atoms with E-state index in [0.29, 0.717) is 17.4 Å². The molecule has 0 saturated carbocycles. The second-order valence-electron chi connectivity index (χ2n) is 3.67. The van der Waals surface area contributed by atoms with Gasteiger partial charge in [0.2, 0.25) is 0 Å². The number of sulfone groups is 1. The van der Waals surface area contributed by atoms with Crippen LogP contribution in [0.25, 0.3) is 0 Å². The van der Waals surface area contributed by atoms with E-state index < -0.39 is 9.84 Å². The van der Waals surface area contributed by atoms with Crippen LogP contribution < -0.4 is 5.32 Å². The van der Waals surface area contributed by atoms with Gasteiger partial charge in [0.25, 0.3) is 0 Å². The monoisotopic (exact) mass is 259 g/mol. The predicted molar refractivity (Wildman–Crippen MR) is 64.5 cm³/mol. The van der Waals surface area contributed by atoms with Crippen molar-refractivity contribution in [3.63, 3.8) is 0 Å². The third-order valence-corrected chi connectivity index (χ3v) is 4.73. The van der Waals surface area contributed by atoms with Crippen molar-refractivity contribution in [2.24, 2.45) is 0 Å². The highest BCUT2D eigenvalue weighted by Gasteiger charge is 2.27. The van der Waals surface area contributed by atoms with E-state index >= 15 is 0 Å². The van der Waals surface area contributed by atoms with Gasteiger partial charge in [-0.2, -0.15) is 0 Å². The van der Waals surface area contributed by atoms with Crippen LogP contribution in [0.2, 0.25) is 0 Å². The summed E-state index contributed by atoms with van der Waals surface area (Å²) >= 11 is 1.46. The lowest BCUT2D eigenvalue weighted by atomic mass is 10.2. The van der Waals surface area contributed by atoms with Gasteiger partial charge < -0.3 is 5.32 Å². The smallest absolute Gasteiger partial charge is 0.189 e. The number of aromatic nitrogens is 2. The molecule has 2 rings (SSSR count). The lowest BCUT2D eigenvalue weighted by Crippen LogP contribution is -2.21. The van der Waals surface area contributed by atoms with Gasteiger partial charge in [-0.25, -0.2) is 18.4 Å². The summed E-state index contributed by atoms with van der Waals surface area (Å²) in [7, 11) is -2.84. The highest BCUT2D eigenvalue weighted by molar-refractivity contribution is 7.98. The molecule has 1 atom stereocenters. The van der Waals surface area contributed by atoms with Gasteiger partial charge in [-0.15, -0.1) is 0 Å². The minimum Gasteiger partial charge on any atom is -0.366 e. The predicted octanol–water partition coefficient (Wildman–Crippen LogP) is 0.797. The SMILES string of the molecule is CSc1nccc(NC2CCS(=O)(=O)C2)n1. The van der Waals surface area contributed by atoms with Crippen LogP contribution >= 0.6 is 11.8 Å². The molecule has 16 heavy (non-hydrogen) atoms. The fourth-order valence-corrected chi connectivity index (χ4v) is 3.67. The van der Waals surface area contributed by atoms with Crippen molar-refractivity contribution >= 4 is 27.4 Å². The van der Waals surface area contributed by atoms with E-state index in [1.54, 1.807) is 12.3 Å². The van der Waals surface area contributed by atoms with Gasteiger partial charge in [0.05, 0.1) is 11.5 Å². The third kappa shape index (κ3) is 2.85. The number of anilines is 1. The van der Waals surface area contributed by atoms with Crippen LogP contribution in [-0.4, -0.2) is 42.2 Å². The molecule has 5 nitrogen and oxygen atoms in total. The van der Waals surface area contributed by atoms with Crippen LogP contribution in [0.4, 0.5) is 5.82 Å². The maximum absolute atomic E-state index is 11.3. The molecule has 7 heteroatoms. The summed E-state index contributed by atoms with van der Waals surface area (Å²) in [6.45, 7) is 0.